The minimum Gasteiger partial charge on any atom is -0.428 e. The maximum atomic E-state index is 10.5. The Bertz CT molecular complexity index is 454. The highest BCUT2D eigenvalue weighted by molar-refractivity contribution is 5.54. The summed E-state index contributed by atoms with van der Waals surface area (Å²) in [5.41, 5.74) is 2.19. The molecule has 2 rings (SSSR count). The van der Waals surface area contributed by atoms with Crippen LogP contribution in [-0.4, -0.2) is 19.4 Å². The Morgan fingerprint density at radius 1 is 1.37 bits per heavy atom. The number of rotatable bonds is 6. The van der Waals surface area contributed by atoms with E-state index in [1.165, 1.54) is 0 Å². The van der Waals surface area contributed by atoms with Crippen molar-refractivity contribution < 1.29 is 19.0 Å². The van der Waals surface area contributed by atoms with Crippen LogP contribution in [0.5, 0.6) is 11.5 Å². The molecule has 104 valence electrons. The summed E-state index contributed by atoms with van der Waals surface area (Å²) in [4.78, 5) is 10.5. The Hall–Kier alpha value is -1.55. The van der Waals surface area contributed by atoms with Crippen LogP contribution in [0, 0.1) is 0 Å². The lowest BCUT2D eigenvalue weighted by Crippen LogP contribution is -2.21. The molecule has 1 unspecified atom stereocenters. The van der Waals surface area contributed by atoms with Crippen LogP contribution in [-0.2, 0) is 16.0 Å². The molecule has 1 aromatic carbocycles. The van der Waals surface area contributed by atoms with Crippen LogP contribution in [0.4, 0.5) is 0 Å². The van der Waals surface area contributed by atoms with Crippen molar-refractivity contribution in [1.29, 1.82) is 0 Å². The summed E-state index contributed by atoms with van der Waals surface area (Å²) in [5, 5.41) is 0. The molecular weight excluding hydrogens is 244 g/mol. The van der Waals surface area contributed by atoms with Crippen LogP contribution in [0.3, 0.4) is 0 Å². The maximum Gasteiger partial charge on any atom is 0.361 e. The molecule has 4 heteroatoms. The van der Waals surface area contributed by atoms with E-state index in [4.69, 9.17) is 14.2 Å². The molecule has 0 radical (unpaired) electrons. The van der Waals surface area contributed by atoms with Gasteiger partial charge in [0.2, 0.25) is 0 Å². The van der Waals surface area contributed by atoms with Gasteiger partial charge in [-0.25, -0.2) is 0 Å². The zero-order valence-electron chi connectivity index (χ0n) is 11.6. The lowest BCUT2D eigenvalue weighted by molar-refractivity contribution is -0.173. The number of ether oxygens (including phenoxy) is 3. The molecule has 4 nitrogen and oxygen atoms in total. The highest BCUT2D eigenvalue weighted by atomic mass is 16.9. The Balaban J connectivity index is 2.28. The van der Waals surface area contributed by atoms with Crippen molar-refractivity contribution in [2.24, 2.45) is 0 Å². The first-order chi connectivity index (χ1) is 9.15. The van der Waals surface area contributed by atoms with Crippen molar-refractivity contribution in [2.75, 3.05) is 6.61 Å². The molecule has 0 aromatic heterocycles. The molecule has 1 aromatic rings. The number of aldehydes is 1. The summed E-state index contributed by atoms with van der Waals surface area (Å²) in [6.07, 6.45) is 2.17. The minimum absolute atomic E-state index is 0.328. The number of fused-ring (bicyclic) bond motifs is 1. The summed E-state index contributed by atoms with van der Waals surface area (Å²) in [6.45, 7) is 5.99. The molecule has 1 aliphatic rings. The molecule has 0 amide bonds. The first-order valence-electron chi connectivity index (χ1n) is 6.71. The fourth-order valence-corrected chi connectivity index (χ4v) is 2.12. The van der Waals surface area contributed by atoms with E-state index < -0.39 is 6.48 Å². The minimum atomic E-state index is -0.654. The fraction of sp³-hybridized carbons (Fsp3) is 0.533. The SMILES string of the molecule is CCOC1Oc2cc(CCC=O)cc(C(C)C)c2O1. The molecule has 1 aliphatic heterocycles. The quantitative estimate of drug-likeness (QED) is 0.741. The maximum absolute atomic E-state index is 10.5. The number of carbonyl (C=O) groups excluding carboxylic acids is 1. The number of carbonyl (C=O) groups is 1. The zero-order chi connectivity index (χ0) is 13.8. The van der Waals surface area contributed by atoms with Gasteiger partial charge >= 0.3 is 6.48 Å². The summed E-state index contributed by atoms with van der Waals surface area (Å²) >= 11 is 0. The van der Waals surface area contributed by atoms with Gasteiger partial charge in [-0.05, 0) is 30.9 Å². The second kappa shape index (κ2) is 6.06. The fourth-order valence-electron chi connectivity index (χ4n) is 2.12. The van der Waals surface area contributed by atoms with Crippen molar-refractivity contribution in [1.82, 2.24) is 0 Å². The highest BCUT2D eigenvalue weighted by Gasteiger charge is 2.28. The predicted molar refractivity (Wildman–Crippen MR) is 71.6 cm³/mol. The monoisotopic (exact) mass is 264 g/mol. The number of benzene rings is 1. The number of hydrogen-bond donors (Lipinski definition) is 0. The average Bonchev–Trinajstić information content (AvgIpc) is 2.77. The number of hydrogen-bond acceptors (Lipinski definition) is 4. The molecule has 0 saturated heterocycles. The zero-order valence-corrected chi connectivity index (χ0v) is 11.6. The lowest BCUT2D eigenvalue weighted by atomic mass is 9.97. The normalized spacial score (nSPS) is 16.9. The first-order valence-corrected chi connectivity index (χ1v) is 6.71. The van der Waals surface area contributed by atoms with E-state index >= 15 is 0 Å². The van der Waals surface area contributed by atoms with Crippen LogP contribution in [0.1, 0.15) is 44.2 Å². The Labute approximate surface area is 113 Å². The largest absolute Gasteiger partial charge is 0.428 e. The third kappa shape index (κ3) is 3.07. The van der Waals surface area contributed by atoms with Crippen molar-refractivity contribution >= 4 is 6.29 Å². The van der Waals surface area contributed by atoms with E-state index in [1.54, 1.807) is 0 Å². The van der Waals surface area contributed by atoms with E-state index in [2.05, 4.69) is 19.9 Å². The van der Waals surface area contributed by atoms with Crippen LogP contribution < -0.4 is 9.47 Å². The van der Waals surface area contributed by atoms with Gasteiger partial charge in [0.25, 0.3) is 0 Å². The second-order valence-electron chi connectivity index (χ2n) is 4.85. The van der Waals surface area contributed by atoms with Gasteiger partial charge in [-0.15, -0.1) is 0 Å². The Kier molecular flexibility index (Phi) is 4.43. The molecule has 0 fully saturated rings. The summed E-state index contributed by atoms with van der Waals surface area (Å²) in [5.74, 6) is 1.81. The van der Waals surface area contributed by atoms with Crippen molar-refractivity contribution in [3.05, 3.63) is 23.3 Å². The molecule has 0 N–H and O–H groups in total. The van der Waals surface area contributed by atoms with Crippen LogP contribution >= 0.6 is 0 Å². The van der Waals surface area contributed by atoms with Crippen LogP contribution in [0.25, 0.3) is 0 Å². The van der Waals surface area contributed by atoms with E-state index in [1.807, 2.05) is 13.0 Å². The van der Waals surface area contributed by atoms with Gasteiger partial charge in [0.1, 0.15) is 6.29 Å². The smallest absolute Gasteiger partial charge is 0.361 e. The van der Waals surface area contributed by atoms with Crippen molar-refractivity contribution in [3.8, 4) is 11.5 Å². The molecule has 19 heavy (non-hydrogen) atoms. The summed E-state index contributed by atoms with van der Waals surface area (Å²) in [6, 6.07) is 4.02. The first kappa shape index (κ1) is 13.9. The van der Waals surface area contributed by atoms with E-state index in [-0.39, 0.29) is 0 Å². The van der Waals surface area contributed by atoms with Crippen LogP contribution in [0.2, 0.25) is 0 Å². The van der Waals surface area contributed by atoms with Gasteiger partial charge in [-0.2, -0.15) is 0 Å². The molecule has 0 spiro atoms. The Morgan fingerprint density at radius 3 is 2.79 bits per heavy atom. The van der Waals surface area contributed by atoms with E-state index in [9.17, 15) is 4.79 Å². The van der Waals surface area contributed by atoms with Gasteiger partial charge in [0.05, 0.1) is 6.61 Å². The average molecular weight is 264 g/mol. The molecule has 0 saturated carbocycles. The molecule has 1 atom stereocenters. The number of aryl methyl sites for hydroxylation is 1. The third-order valence-electron chi connectivity index (χ3n) is 3.06. The van der Waals surface area contributed by atoms with Crippen LogP contribution in [0.15, 0.2) is 12.1 Å². The molecule has 0 bridgehead atoms. The highest BCUT2D eigenvalue weighted by Crippen LogP contribution is 2.42. The van der Waals surface area contributed by atoms with Crippen molar-refractivity contribution in [3.63, 3.8) is 0 Å². The lowest BCUT2D eigenvalue weighted by Gasteiger charge is -2.12. The topological polar surface area (TPSA) is 44.8 Å². The van der Waals surface area contributed by atoms with Gasteiger partial charge in [0, 0.05) is 12.0 Å². The summed E-state index contributed by atoms with van der Waals surface area (Å²) in [7, 11) is 0. The predicted octanol–water partition coefficient (Wildman–Crippen LogP) is 3.03. The molecule has 0 aliphatic carbocycles. The second-order valence-corrected chi connectivity index (χ2v) is 4.85. The summed E-state index contributed by atoms with van der Waals surface area (Å²) < 4.78 is 16.7. The van der Waals surface area contributed by atoms with E-state index in [0.717, 1.165) is 29.6 Å². The van der Waals surface area contributed by atoms with Gasteiger partial charge in [0.15, 0.2) is 11.5 Å². The van der Waals surface area contributed by atoms with Crippen molar-refractivity contribution in [2.45, 2.75) is 46.0 Å². The van der Waals surface area contributed by atoms with E-state index in [0.29, 0.717) is 24.7 Å². The third-order valence-corrected chi connectivity index (χ3v) is 3.06. The molecular formula is C15H20O4. The van der Waals surface area contributed by atoms with Gasteiger partial charge < -0.3 is 19.0 Å². The van der Waals surface area contributed by atoms with Gasteiger partial charge in [-0.3, -0.25) is 0 Å². The standard InChI is InChI=1S/C15H20O4/c1-4-17-15-18-13-9-11(6-5-7-16)8-12(10(2)3)14(13)19-15/h7-10,15H,4-6H2,1-3H3. The van der Waals surface area contributed by atoms with Gasteiger partial charge in [-0.1, -0.05) is 19.9 Å². The Morgan fingerprint density at radius 2 is 2.16 bits per heavy atom. The molecule has 1 heterocycles.